The van der Waals surface area contributed by atoms with Crippen LogP contribution in [-0.4, -0.2) is 26.8 Å². The SMILES string of the molecule is Cc1ccc(S(=O)(=O)Nc2ccc(C(=O)NCC(=O)NCc3ccco3)cc2)cc1C. The van der Waals surface area contributed by atoms with Gasteiger partial charge in [0, 0.05) is 11.3 Å². The highest BCUT2D eigenvalue weighted by atomic mass is 32.2. The number of benzene rings is 2. The summed E-state index contributed by atoms with van der Waals surface area (Å²) in [5, 5.41) is 5.14. The first-order valence-corrected chi connectivity index (χ1v) is 11.0. The van der Waals surface area contributed by atoms with Gasteiger partial charge in [-0.1, -0.05) is 6.07 Å². The summed E-state index contributed by atoms with van der Waals surface area (Å²) in [6.07, 6.45) is 1.51. The van der Waals surface area contributed by atoms with Gasteiger partial charge in [-0.05, 0) is 73.5 Å². The largest absolute Gasteiger partial charge is 0.467 e. The number of hydrogen-bond donors (Lipinski definition) is 3. The molecule has 0 fully saturated rings. The monoisotopic (exact) mass is 441 g/mol. The van der Waals surface area contributed by atoms with Gasteiger partial charge < -0.3 is 15.1 Å². The molecule has 162 valence electrons. The zero-order valence-corrected chi connectivity index (χ0v) is 18.0. The Balaban J connectivity index is 1.54. The predicted molar refractivity (Wildman–Crippen MR) is 116 cm³/mol. The molecule has 0 bridgehead atoms. The minimum Gasteiger partial charge on any atom is -0.467 e. The van der Waals surface area contributed by atoms with E-state index in [2.05, 4.69) is 15.4 Å². The zero-order chi connectivity index (χ0) is 22.4. The van der Waals surface area contributed by atoms with Crippen LogP contribution in [0.5, 0.6) is 0 Å². The molecule has 0 spiro atoms. The van der Waals surface area contributed by atoms with E-state index in [9.17, 15) is 18.0 Å². The molecule has 0 saturated heterocycles. The van der Waals surface area contributed by atoms with Crippen LogP contribution in [0.1, 0.15) is 27.2 Å². The molecule has 3 rings (SSSR count). The van der Waals surface area contributed by atoms with E-state index < -0.39 is 15.9 Å². The lowest BCUT2D eigenvalue weighted by Crippen LogP contribution is -2.36. The van der Waals surface area contributed by atoms with Gasteiger partial charge in [-0.15, -0.1) is 0 Å². The molecule has 0 radical (unpaired) electrons. The van der Waals surface area contributed by atoms with Crippen molar-refractivity contribution >= 4 is 27.5 Å². The van der Waals surface area contributed by atoms with Crippen molar-refractivity contribution in [3.63, 3.8) is 0 Å². The van der Waals surface area contributed by atoms with Crippen molar-refractivity contribution in [1.29, 1.82) is 0 Å². The van der Waals surface area contributed by atoms with Gasteiger partial charge >= 0.3 is 0 Å². The topological polar surface area (TPSA) is 118 Å². The van der Waals surface area contributed by atoms with Crippen LogP contribution >= 0.6 is 0 Å². The van der Waals surface area contributed by atoms with Gasteiger partial charge in [0.25, 0.3) is 15.9 Å². The molecule has 3 N–H and O–H groups in total. The molecule has 9 heteroatoms. The highest BCUT2D eigenvalue weighted by molar-refractivity contribution is 7.92. The van der Waals surface area contributed by atoms with Gasteiger partial charge in [0.2, 0.25) is 5.91 Å². The molecule has 31 heavy (non-hydrogen) atoms. The van der Waals surface area contributed by atoms with Crippen LogP contribution in [0.3, 0.4) is 0 Å². The molecule has 2 amide bonds. The molecule has 0 unspecified atom stereocenters. The van der Waals surface area contributed by atoms with E-state index in [4.69, 9.17) is 4.42 Å². The summed E-state index contributed by atoms with van der Waals surface area (Å²) in [5.74, 6) is -0.197. The minimum absolute atomic E-state index is 0.165. The summed E-state index contributed by atoms with van der Waals surface area (Å²) in [6, 6.07) is 14.3. The standard InChI is InChI=1S/C22H23N3O5S/c1-15-5-10-20(12-16(15)2)31(28,29)25-18-8-6-17(7-9-18)22(27)24-14-21(26)23-13-19-4-3-11-30-19/h3-12,25H,13-14H2,1-2H3,(H,23,26)(H,24,27). The third-order valence-corrected chi connectivity index (χ3v) is 6.02. The Kier molecular flexibility index (Phi) is 6.76. The van der Waals surface area contributed by atoms with Gasteiger partial charge in [-0.2, -0.15) is 0 Å². The average Bonchev–Trinajstić information content (AvgIpc) is 3.26. The van der Waals surface area contributed by atoms with Crippen LogP contribution in [0, 0.1) is 13.8 Å². The normalized spacial score (nSPS) is 11.0. The maximum absolute atomic E-state index is 12.6. The highest BCUT2D eigenvalue weighted by Crippen LogP contribution is 2.19. The van der Waals surface area contributed by atoms with E-state index in [1.54, 1.807) is 30.3 Å². The second-order valence-electron chi connectivity index (χ2n) is 6.97. The molecule has 3 aromatic rings. The predicted octanol–water partition coefficient (Wildman–Crippen LogP) is 2.74. The fraction of sp³-hybridized carbons (Fsp3) is 0.182. The number of carbonyl (C=O) groups excluding carboxylic acids is 2. The van der Waals surface area contributed by atoms with Crippen molar-refractivity contribution in [1.82, 2.24) is 10.6 Å². The summed E-state index contributed by atoms with van der Waals surface area (Å²) >= 11 is 0. The van der Waals surface area contributed by atoms with Crippen molar-refractivity contribution in [2.24, 2.45) is 0 Å². The second kappa shape index (κ2) is 9.48. The van der Waals surface area contributed by atoms with Gasteiger partial charge in [0.15, 0.2) is 0 Å². The summed E-state index contributed by atoms with van der Waals surface area (Å²) in [4.78, 5) is 24.2. The van der Waals surface area contributed by atoms with Crippen molar-refractivity contribution in [2.45, 2.75) is 25.3 Å². The molecule has 0 atom stereocenters. The Morgan fingerprint density at radius 3 is 2.32 bits per heavy atom. The smallest absolute Gasteiger partial charge is 0.261 e. The van der Waals surface area contributed by atoms with E-state index in [-0.39, 0.29) is 23.9 Å². The lowest BCUT2D eigenvalue weighted by Gasteiger charge is -2.10. The summed E-state index contributed by atoms with van der Waals surface area (Å²) in [6.45, 7) is 3.79. The van der Waals surface area contributed by atoms with Crippen molar-refractivity contribution in [3.05, 3.63) is 83.3 Å². The van der Waals surface area contributed by atoms with Crippen LogP contribution in [0.25, 0.3) is 0 Å². The van der Waals surface area contributed by atoms with E-state index in [1.165, 1.54) is 30.5 Å². The zero-order valence-electron chi connectivity index (χ0n) is 17.1. The number of carbonyl (C=O) groups is 2. The quantitative estimate of drug-likeness (QED) is 0.497. The minimum atomic E-state index is -3.74. The first-order valence-electron chi connectivity index (χ1n) is 9.52. The molecule has 1 aromatic heterocycles. The fourth-order valence-corrected chi connectivity index (χ4v) is 3.85. The number of nitrogens with one attached hydrogen (secondary N) is 3. The van der Waals surface area contributed by atoms with E-state index >= 15 is 0 Å². The second-order valence-corrected chi connectivity index (χ2v) is 8.65. The van der Waals surface area contributed by atoms with E-state index in [0.29, 0.717) is 17.0 Å². The molecule has 0 aliphatic heterocycles. The van der Waals surface area contributed by atoms with E-state index in [0.717, 1.165) is 11.1 Å². The lowest BCUT2D eigenvalue weighted by atomic mass is 10.1. The third-order valence-electron chi connectivity index (χ3n) is 4.64. The molecule has 0 saturated carbocycles. The molecular weight excluding hydrogens is 418 g/mol. The lowest BCUT2D eigenvalue weighted by molar-refractivity contribution is -0.120. The van der Waals surface area contributed by atoms with Crippen LogP contribution < -0.4 is 15.4 Å². The number of sulfonamides is 1. The van der Waals surface area contributed by atoms with E-state index in [1.807, 2.05) is 13.8 Å². The Bertz CT molecular complexity index is 1170. The Morgan fingerprint density at radius 2 is 1.68 bits per heavy atom. The molecule has 2 aromatic carbocycles. The molecule has 0 aliphatic rings. The van der Waals surface area contributed by atoms with Crippen LogP contribution in [0.15, 0.2) is 70.2 Å². The number of amides is 2. The van der Waals surface area contributed by atoms with Gasteiger partial charge in [0.05, 0.1) is 24.2 Å². The van der Waals surface area contributed by atoms with Crippen LogP contribution in [-0.2, 0) is 21.4 Å². The number of anilines is 1. The Morgan fingerprint density at radius 1 is 0.935 bits per heavy atom. The number of rotatable bonds is 8. The molecule has 8 nitrogen and oxygen atoms in total. The first kappa shape index (κ1) is 22.1. The highest BCUT2D eigenvalue weighted by Gasteiger charge is 2.15. The molecular formula is C22H23N3O5S. The van der Waals surface area contributed by atoms with Crippen LogP contribution in [0.4, 0.5) is 5.69 Å². The molecule has 1 heterocycles. The number of hydrogen-bond acceptors (Lipinski definition) is 5. The Labute approximate surface area is 180 Å². The van der Waals surface area contributed by atoms with Crippen molar-refractivity contribution < 1.29 is 22.4 Å². The van der Waals surface area contributed by atoms with Crippen molar-refractivity contribution in [2.75, 3.05) is 11.3 Å². The fourth-order valence-electron chi connectivity index (χ4n) is 2.71. The van der Waals surface area contributed by atoms with Crippen molar-refractivity contribution in [3.8, 4) is 0 Å². The average molecular weight is 442 g/mol. The van der Waals surface area contributed by atoms with Crippen LogP contribution in [0.2, 0.25) is 0 Å². The number of aryl methyl sites for hydroxylation is 2. The summed E-state index contributed by atoms with van der Waals surface area (Å²) < 4.78 is 32.7. The number of furan rings is 1. The maximum atomic E-state index is 12.6. The maximum Gasteiger partial charge on any atom is 0.261 e. The van der Waals surface area contributed by atoms with Gasteiger partial charge in [-0.3, -0.25) is 14.3 Å². The first-order chi connectivity index (χ1) is 14.7. The Hall–Kier alpha value is -3.59. The van der Waals surface area contributed by atoms with Gasteiger partial charge in [-0.25, -0.2) is 8.42 Å². The summed E-state index contributed by atoms with van der Waals surface area (Å²) in [5.41, 5.74) is 2.51. The summed E-state index contributed by atoms with van der Waals surface area (Å²) in [7, 11) is -3.74. The van der Waals surface area contributed by atoms with Gasteiger partial charge in [0.1, 0.15) is 5.76 Å². The molecule has 0 aliphatic carbocycles. The third kappa shape index (κ3) is 5.95.